The molecule has 2 aromatic rings. The molecule has 10 fully saturated rings. The van der Waals surface area contributed by atoms with Crippen LogP contribution in [0.1, 0.15) is 99.3 Å². The summed E-state index contributed by atoms with van der Waals surface area (Å²) < 4.78 is 47.9. The molecule has 12 nitrogen and oxygen atoms in total. The second kappa shape index (κ2) is 14.3. The van der Waals surface area contributed by atoms with Gasteiger partial charge in [0.2, 0.25) is 0 Å². The summed E-state index contributed by atoms with van der Waals surface area (Å²) in [6.07, 6.45) is 4.72. The molecule has 2 saturated carbocycles. The van der Waals surface area contributed by atoms with Gasteiger partial charge in [-0.3, -0.25) is 0 Å². The molecule has 0 amide bonds. The van der Waals surface area contributed by atoms with Crippen molar-refractivity contribution in [2.45, 2.75) is 153 Å². The summed E-state index contributed by atoms with van der Waals surface area (Å²) in [4.78, 5) is 38.0. The van der Waals surface area contributed by atoms with Crippen molar-refractivity contribution in [3.8, 4) is 11.5 Å². The van der Waals surface area contributed by atoms with Crippen molar-refractivity contribution < 1.29 is 57.0 Å². The van der Waals surface area contributed by atoms with Crippen molar-refractivity contribution in [3.63, 3.8) is 0 Å². The predicted molar refractivity (Wildman–Crippen MR) is 208 cm³/mol. The number of benzene rings is 2. The van der Waals surface area contributed by atoms with Crippen LogP contribution in [0.25, 0.3) is 0 Å². The quantitative estimate of drug-likeness (QED) is 0.192. The molecule has 4 bridgehead atoms. The Bertz CT molecular complexity index is 1720. The van der Waals surface area contributed by atoms with Crippen molar-refractivity contribution in [2.24, 2.45) is 47.3 Å². The van der Waals surface area contributed by atoms with Crippen molar-refractivity contribution in [2.75, 3.05) is 0 Å². The topological polar surface area (TPSA) is 122 Å². The summed E-state index contributed by atoms with van der Waals surface area (Å²) in [5.41, 5.74) is -1.48. The first kappa shape index (κ1) is 39.2. The summed E-state index contributed by atoms with van der Waals surface area (Å²) >= 11 is 0. The van der Waals surface area contributed by atoms with Crippen LogP contribution >= 0.6 is 8.17 Å². The first-order chi connectivity index (χ1) is 27.3. The molecule has 57 heavy (non-hydrogen) atoms. The van der Waals surface area contributed by atoms with Gasteiger partial charge in [0.1, 0.15) is 0 Å². The fourth-order valence-corrected chi connectivity index (χ4v) is 14.2. The summed E-state index contributed by atoms with van der Waals surface area (Å²) in [5, 5.41) is 0. The second-order valence-corrected chi connectivity index (χ2v) is 20.8. The van der Waals surface area contributed by atoms with E-state index in [4.69, 9.17) is 52.1 Å². The van der Waals surface area contributed by atoms with Crippen LogP contribution in [0.5, 0.6) is 11.5 Å². The van der Waals surface area contributed by atoms with Gasteiger partial charge in [-0.2, -0.15) is 0 Å². The number of fused-ring (bicyclic) bond motifs is 4. The number of para-hydroxylation sites is 2. The van der Waals surface area contributed by atoms with Gasteiger partial charge < -0.3 is 0 Å². The van der Waals surface area contributed by atoms with Crippen LogP contribution in [0.2, 0.25) is 0 Å². The number of hydrogen-bond donors (Lipinski definition) is 1. The van der Waals surface area contributed by atoms with Crippen LogP contribution in [0, 0.1) is 47.3 Å². The van der Waals surface area contributed by atoms with E-state index >= 15 is 0 Å². The monoisotopic (exact) mass is 812 g/mol. The molecule has 1 N–H and O–H groups in total. The van der Waals surface area contributed by atoms with Gasteiger partial charge in [-0.15, -0.1) is 0 Å². The van der Waals surface area contributed by atoms with Gasteiger partial charge >= 0.3 is 338 Å². The number of ether oxygens (including phenoxy) is 4. The number of hydrogen-bond acceptors (Lipinski definition) is 12. The fourth-order valence-electron chi connectivity index (χ4n) is 12.6. The molecule has 1 unspecified atom stereocenters. The first-order valence-electron chi connectivity index (χ1n) is 21.6. The Morgan fingerprint density at radius 3 is 1.65 bits per heavy atom. The molecular weight excluding hydrogens is 751 g/mol. The standard InChI is InChI=1S/C44H61O12P/c1-26-17-19-34-28(3)36(46-39-43(34)32(26)21-23-41(5,48-39)53-55-43)25-37(52-57(45,50-30-13-9-7-10-14-30)51-31-15-11-8-12-16-31)38-29(4)35-20-18-27(2)33-22-24-42(6)49-40(47-38)44(33,35)56-54-42/h7-16,26-29,32-40,45,57H,17-25H2,1-6H3/t26-,27-,28-,29-,32+,33+,34+,35+,36-,37+,38?,39-,40-,41+,42+,43-,44-/m1/s1. The van der Waals surface area contributed by atoms with Crippen LogP contribution in [0.15, 0.2) is 60.7 Å². The first-order valence-corrected chi connectivity index (χ1v) is 23.3. The molecule has 12 rings (SSSR count). The van der Waals surface area contributed by atoms with E-state index in [9.17, 15) is 4.89 Å². The maximum atomic E-state index is 12.7. The Labute approximate surface area is 336 Å². The Morgan fingerprint density at radius 1 is 0.632 bits per heavy atom. The third-order valence-electron chi connectivity index (χ3n) is 15.6. The van der Waals surface area contributed by atoms with Crippen molar-refractivity contribution in [1.82, 2.24) is 0 Å². The molecular formula is C44H61O12P. The van der Waals surface area contributed by atoms with Gasteiger partial charge in [-0.25, -0.2) is 0 Å². The van der Waals surface area contributed by atoms with E-state index in [2.05, 4.69) is 27.7 Å². The fraction of sp³-hybridized carbons (Fsp3) is 0.727. The molecule has 8 aliphatic heterocycles. The molecule has 8 heterocycles. The second-order valence-electron chi connectivity index (χ2n) is 19.1. The molecule has 2 aromatic carbocycles. The summed E-state index contributed by atoms with van der Waals surface area (Å²) in [6.45, 7) is 13.0. The molecule has 314 valence electrons. The van der Waals surface area contributed by atoms with Crippen LogP contribution in [0.4, 0.5) is 0 Å². The van der Waals surface area contributed by atoms with Crippen molar-refractivity contribution >= 4 is 8.17 Å². The van der Waals surface area contributed by atoms with E-state index < -0.39 is 55.7 Å². The third kappa shape index (κ3) is 6.42. The number of rotatable bonds is 9. The van der Waals surface area contributed by atoms with Gasteiger partial charge in [0.15, 0.2) is 0 Å². The summed E-state index contributed by atoms with van der Waals surface area (Å²) in [6, 6.07) is 18.4. The molecule has 0 aromatic heterocycles. The Hall–Kier alpha value is -1.93. The van der Waals surface area contributed by atoms with E-state index in [0.29, 0.717) is 36.2 Å². The van der Waals surface area contributed by atoms with E-state index in [0.717, 1.165) is 44.9 Å². The SMILES string of the molecule is C[C@H]1[C@@H](C[C@H](O[PH](O)(Oc2ccccc2)Oc2ccccc2)C2O[C@@H]3O[C@]4(C)CC[C@H]5[C@H](C)CC[C@@H]([C@H]2C)[C@@]35OO4)O[C@@H]2O[C@]3(C)CC[C@H]4[C@H](C)CC[C@@H]1[C@@]24OO3. The summed E-state index contributed by atoms with van der Waals surface area (Å²) in [7, 11) is -4.56. The maximum absolute atomic E-state index is 12.7. The van der Waals surface area contributed by atoms with Gasteiger partial charge in [-0.05, 0) is 0 Å². The Morgan fingerprint density at radius 2 is 1.12 bits per heavy atom. The van der Waals surface area contributed by atoms with Gasteiger partial charge in [0.05, 0.1) is 0 Å². The predicted octanol–water partition coefficient (Wildman–Crippen LogP) is 8.82. The van der Waals surface area contributed by atoms with Crippen molar-refractivity contribution in [3.05, 3.63) is 60.7 Å². The molecule has 0 radical (unpaired) electrons. The average molecular weight is 813 g/mol. The normalized spacial score (nSPS) is 48.1. The molecule has 2 aliphatic carbocycles. The summed E-state index contributed by atoms with van der Waals surface area (Å²) in [5.74, 6) is 0.415. The van der Waals surface area contributed by atoms with Crippen LogP contribution in [-0.4, -0.2) is 58.6 Å². The minimum absolute atomic E-state index is 0.0304. The molecule has 17 atom stereocenters. The molecule has 10 aliphatic rings. The Kier molecular flexibility index (Phi) is 9.86. The molecule has 13 heteroatoms. The van der Waals surface area contributed by atoms with E-state index in [1.807, 2.05) is 50.2 Å². The van der Waals surface area contributed by atoms with E-state index in [1.54, 1.807) is 24.3 Å². The van der Waals surface area contributed by atoms with Crippen LogP contribution < -0.4 is 9.05 Å². The minimum atomic E-state index is -4.56. The zero-order valence-electron chi connectivity index (χ0n) is 34.1. The van der Waals surface area contributed by atoms with Crippen molar-refractivity contribution in [1.29, 1.82) is 0 Å². The average Bonchev–Trinajstić information content (AvgIpc) is 3.57. The third-order valence-corrected chi connectivity index (χ3v) is 17.2. The van der Waals surface area contributed by atoms with Crippen LogP contribution in [0.3, 0.4) is 0 Å². The Balaban J connectivity index is 1.03. The van der Waals surface area contributed by atoms with Gasteiger partial charge in [0.25, 0.3) is 0 Å². The van der Waals surface area contributed by atoms with Gasteiger partial charge in [-0.1, -0.05) is 0 Å². The molecule has 2 spiro atoms. The zero-order valence-corrected chi connectivity index (χ0v) is 35.1. The van der Waals surface area contributed by atoms with Gasteiger partial charge in [0, 0.05) is 0 Å². The van der Waals surface area contributed by atoms with E-state index in [1.165, 1.54) is 0 Å². The molecule has 8 saturated heterocycles. The van der Waals surface area contributed by atoms with E-state index in [-0.39, 0.29) is 41.6 Å². The zero-order chi connectivity index (χ0) is 39.4. The van der Waals surface area contributed by atoms with Crippen LogP contribution in [-0.2, 0) is 43.0 Å².